The minimum Gasteiger partial charge on any atom is -0.372 e. The fraction of sp³-hybridized carbons (Fsp3) is 0.250. The standard InChI is InChI=1S/C20H23N5O/c1-4-24(5-2)17-11-9-16(10-12-17)23-20(26)18-14-22-25(15(18)3)19-8-6-7-13-21-19/h6-14H,4-5H2,1-3H3,(H,23,26). The number of rotatable bonds is 6. The number of pyridine rings is 1. The van der Waals surface area contributed by atoms with Crippen molar-refractivity contribution in [2.75, 3.05) is 23.3 Å². The molecule has 0 radical (unpaired) electrons. The third kappa shape index (κ3) is 3.59. The SMILES string of the molecule is CCN(CC)c1ccc(NC(=O)c2cnn(-c3ccccn3)c2C)cc1. The summed E-state index contributed by atoms with van der Waals surface area (Å²) in [6.45, 7) is 8.02. The third-order valence-electron chi connectivity index (χ3n) is 4.37. The number of nitrogens with zero attached hydrogens (tertiary/aromatic N) is 4. The summed E-state index contributed by atoms with van der Waals surface area (Å²) in [5.41, 5.74) is 3.19. The lowest BCUT2D eigenvalue weighted by molar-refractivity contribution is 0.102. The van der Waals surface area contributed by atoms with Gasteiger partial charge in [0.15, 0.2) is 5.82 Å². The van der Waals surface area contributed by atoms with Gasteiger partial charge in [0.25, 0.3) is 5.91 Å². The maximum atomic E-state index is 12.6. The average Bonchev–Trinajstić information content (AvgIpc) is 3.06. The minimum absolute atomic E-state index is 0.180. The molecule has 0 saturated heterocycles. The van der Waals surface area contributed by atoms with Crippen LogP contribution in [0.25, 0.3) is 5.82 Å². The number of benzene rings is 1. The van der Waals surface area contributed by atoms with E-state index in [1.807, 2.05) is 49.4 Å². The lowest BCUT2D eigenvalue weighted by Crippen LogP contribution is -2.21. The van der Waals surface area contributed by atoms with Crippen LogP contribution in [0.2, 0.25) is 0 Å². The molecule has 0 unspecified atom stereocenters. The highest BCUT2D eigenvalue weighted by molar-refractivity contribution is 6.05. The Morgan fingerprint density at radius 2 is 1.85 bits per heavy atom. The molecule has 0 aliphatic heterocycles. The number of hydrogen-bond donors (Lipinski definition) is 1. The first-order chi connectivity index (χ1) is 12.6. The molecule has 0 saturated carbocycles. The van der Waals surface area contributed by atoms with Gasteiger partial charge in [-0.3, -0.25) is 4.79 Å². The van der Waals surface area contributed by atoms with Crippen LogP contribution in [0.4, 0.5) is 11.4 Å². The van der Waals surface area contributed by atoms with Crippen LogP contribution in [0.1, 0.15) is 29.9 Å². The zero-order valence-electron chi connectivity index (χ0n) is 15.3. The predicted molar refractivity (Wildman–Crippen MR) is 104 cm³/mol. The molecule has 6 heteroatoms. The summed E-state index contributed by atoms with van der Waals surface area (Å²) in [7, 11) is 0. The molecule has 1 amide bonds. The van der Waals surface area contributed by atoms with Crippen molar-refractivity contribution in [2.24, 2.45) is 0 Å². The van der Waals surface area contributed by atoms with Crippen molar-refractivity contribution >= 4 is 17.3 Å². The Balaban J connectivity index is 1.76. The zero-order chi connectivity index (χ0) is 18.5. The summed E-state index contributed by atoms with van der Waals surface area (Å²) < 4.78 is 1.67. The molecule has 2 heterocycles. The first-order valence-electron chi connectivity index (χ1n) is 8.76. The van der Waals surface area contributed by atoms with E-state index in [1.54, 1.807) is 17.1 Å². The van der Waals surface area contributed by atoms with Gasteiger partial charge in [0.2, 0.25) is 0 Å². The summed E-state index contributed by atoms with van der Waals surface area (Å²) in [5.74, 6) is 0.507. The molecular weight excluding hydrogens is 326 g/mol. The van der Waals surface area contributed by atoms with Gasteiger partial charge >= 0.3 is 0 Å². The number of hydrogen-bond acceptors (Lipinski definition) is 4. The second kappa shape index (κ2) is 7.82. The molecule has 0 bridgehead atoms. The van der Waals surface area contributed by atoms with Gasteiger partial charge in [0.05, 0.1) is 17.5 Å². The summed E-state index contributed by atoms with van der Waals surface area (Å²) in [6, 6.07) is 13.5. The summed E-state index contributed by atoms with van der Waals surface area (Å²) in [4.78, 5) is 19.1. The Bertz CT molecular complexity index is 867. The van der Waals surface area contributed by atoms with E-state index < -0.39 is 0 Å². The Morgan fingerprint density at radius 3 is 2.46 bits per heavy atom. The molecule has 0 atom stereocenters. The van der Waals surface area contributed by atoms with Crippen molar-refractivity contribution in [1.82, 2.24) is 14.8 Å². The maximum absolute atomic E-state index is 12.6. The molecule has 0 spiro atoms. The molecule has 3 rings (SSSR count). The Labute approximate surface area is 153 Å². The average molecular weight is 349 g/mol. The van der Waals surface area contributed by atoms with Gasteiger partial charge in [0.1, 0.15) is 0 Å². The van der Waals surface area contributed by atoms with E-state index in [2.05, 4.69) is 34.1 Å². The van der Waals surface area contributed by atoms with Gasteiger partial charge in [-0.15, -0.1) is 0 Å². The van der Waals surface area contributed by atoms with E-state index in [0.717, 1.165) is 30.2 Å². The summed E-state index contributed by atoms with van der Waals surface area (Å²) in [5, 5.41) is 7.23. The monoisotopic (exact) mass is 349 g/mol. The molecular formula is C20H23N5O. The van der Waals surface area contributed by atoms with E-state index in [4.69, 9.17) is 0 Å². The molecule has 0 fully saturated rings. The maximum Gasteiger partial charge on any atom is 0.259 e. The third-order valence-corrected chi connectivity index (χ3v) is 4.37. The molecule has 1 N–H and O–H groups in total. The lowest BCUT2D eigenvalue weighted by atomic mass is 10.2. The number of nitrogens with one attached hydrogen (secondary N) is 1. The van der Waals surface area contributed by atoms with Gasteiger partial charge in [-0.1, -0.05) is 6.07 Å². The van der Waals surface area contributed by atoms with Crippen molar-refractivity contribution in [3.63, 3.8) is 0 Å². The van der Waals surface area contributed by atoms with Gasteiger partial charge in [-0.05, 0) is 57.2 Å². The lowest BCUT2D eigenvalue weighted by Gasteiger charge is -2.21. The van der Waals surface area contributed by atoms with Crippen molar-refractivity contribution in [1.29, 1.82) is 0 Å². The van der Waals surface area contributed by atoms with Crippen molar-refractivity contribution in [3.8, 4) is 5.82 Å². The number of amides is 1. The van der Waals surface area contributed by atoms with Crippen LogP contribution in [0.5, 0.6) is 0 Å². The topological polar surface area (TPSA) is 63.1 Å². The predicted octanol–water partition coefficient (Wildman–Crippen LogP) is 3.67. The molecule has 6 nitrogen and oxygen atoms in total. The Kier molecular flexibility index (Phi) is 5.31. The molecule has 1 aromatic carbocycles. The Morgan fingerprint density at radius 1 is 1.12 bits per heavy atom. The molecule has 134 valence electrons. The first-order valence-corrected chi connectivity index (χ1v) is 8.76. The second-order valence-electron chi connectivity index (χ2n) is 5.92. The van der Waals surface area contributed by atoms with Crippen LogP contribution < -0.4 is 10.2 Å². The smallest absolute Gasteiger partial charge is 0.259 e. The van der Waals surface area contributed by atoms with Crippen molar-refractivity contribution in [3.05, 3.63) is 66.1 Å². The molecule has 2 aromatic heterocycles. The van der Waals surface area contributed by atoms with E-state index in [9.17, 15) is 4.79 Å². The number of carbonyl (C=O) groups is 1. The first kappa shape index (κ1) is 17.7. The fourth-order valence-electron chi connectivity index (χ4n) is 2.89. The van der Waals surface area contributed by atoms with E-state index >= 15 is 0 Å². The highest BCUT2D eigenvalue weighted by atomic mass is 16.1. The highest BCUT2D eigenvalue weighted by Gasteiger charge is 2.16. The fourth-order valence-corrected chi connectivity index (χ4v) is 2.89. The molecule has 3 aromatic rings. The van der Waals surface area contributed by atoms with E-state index in [-0.39, 0.29) is 5.91 Å². The van der Waals surface area contributed by atoms with Crippen LogP contribution >= 0.6 is 0 Å². The van der Waals surface area contributed by atoms with Gasteiger partial charge in [0, 0.05) is 30.7 Å². The van der Waals surface area contributed by atoms with Crippen LogP contribution in [0.15, 0.2) is 54.9 Å². The van der Waals surface area contributed by atoms with Gasteiger partial charge in [-0.25, -0.2) is 9.67 Å². The normalized spacial score (nSPS) is 10.6. The number of anilines is 2. The second-order valence-corrected chi connectivity index (χ2v) is 5.92. The number of carbonyl (C=O) groups excluding carboxylic acids is 1. The van der Waals surface area contributed by atoms with Crippen LogP contribution in [-0.4, -0.2) is 33.8 Å². The van der Waals surface area contributed by atoms with E-state index in [1.165, 1.54) is 0 Å². The number of aromatic nitrogens is 3. The molecule has 26 heavy (non-hydrogen) atoms. The summed E-state index contributed by atoms with van der Waals surface area (Å²) in [6.07, 6.45) is 3.28. The zero-order valence-corrected chi connectivity index (χ0v) is 15.3. The summed E-state index contributed by atoms with van der Waals surface area (Å²) >= 11 is 0. The van der Waals surface area contributed by atoms with Gasteiger partial charge < -0.3 is 10.2 Å². The van der Waals surface area contributed by atoms with Crippen LogP contribution in [0.3, 0.4) is 0 Å². The van der Waals surface area contributed by atoms with Gasteiger partial charge in [-0.2, -0.15) is 5.10 Å². The molecule has 0 aliphatic carbocycles. The van der Waals surface area contributed by atoms with Crippen LogP contribution in [0, 0.1) is 6.92 Å². The quantitative estimate of drug-likeness (QED) is 0.737. The van der Waals surface area contributed by atoms with E-state index in [0.29, 0.717) is 11.4 Å². The van der Waals surface area contributed by atoms with Crippen LogP contribution in [-0.2, 0) is 0 Å². The highest BCUT2D eigenvalue weighted by Crippen LogP contribution is 2.19. The Hall–Kier alpha value is -3.15. The van der Waals surface area contributed by atoms with Crippen molar-refractivity contribution < 1.29 is 4.79 Å². The molecule has 0 aliphatic rings. The minimum atomic E-state index is -0.180. The van der Waals surface area contributed by atoms with Crippen molar-refractivity contribution in [2.45, 2.75) is 20.8 Å². The largest absolute Gasteiger partial charge is 0.372 e.